The van der Waals surface area contributed by atoms with Crippen LogP contribution in [-0.2, 0) is 0 Å². The van der Waals surface area contributed by atoms with Crippen LogP contribution in [0.4, 0.5) is 5.69 Å². The van der Waals surface area contributed by atoms with Crippen molar-refractivity contribution >= 4 is 11.6 Å². The Kier molecular flexibility index (Phi) is 5.57. The van der Waals surface area contributed by atoms with Crippen molar-refractivity contribution in [2.45, 2.75) is 25.8 Å². The van der Waals surface area contributed by atoms with Crippen molar-refractivity contribution in [1.82, 2.24) is 9.88 Å². The second kappa shape index (κ2) is 8.06. The van der Waals surface area contributed by atoms with Gasteiger partial charge in [0.2, 0.25) is 0 Å². The highest BCUT2D eigenvalue weighted by molar-refractivity contribution is 6.05. The van der Waals surface area contributed by atoms with E-state index in [2.05, 4.69) is 10.6 Å². The molecule has 140 valence electrons. The van der Waals surface area contributed by atoms with E-state index in [0.29, 0.717) is 22.6 Å². The number of nitrogens with one attached hydrogen (secondary N) is 2. The van der Waals surface area contributed by atoms with Crippen molar-refractivity contribution in [3.8, 4) is 11.8 Å². The summed E-state index contributed by atoms with van der Waals surface area (Å²) >= 11 is 0. The summed E-state index contributed by atoms with van der Waals surface area (Å²) in [5, 5.41) is 15.0. The zero-order valence-corrected chi connectivity index (χ0v) is 15.4. The fourth-order valence-corrected chi connectivity index (χ4v) is 3.34. The molecule has 0 unspecified atom stereocenters. The molecule has 27 heavy (non-hydrogen) atoms. The van der Waals surface area contributed by atoms with Gasteiger partial charge in [-0.05, 0) is 56.6 Å². The van der Waals surface area contributed by atoms with E-state index in [1.54, 1.807) is 42.0 Å². The number of anilines is 1. The molecule has 1 aliphatic heterocycles. The van der Waals surface area contributed by atoms with Crippen molar-refractivity contribution in [3.63, 3.8) is 0 Å². The third kappa shape index (κ3) is 3.86. The standard InChI is InChI=1S/C20H22N4O3/c1-13-7-10-24(15-5-8-22-9-6-15)20(26)18(13)19(25)23-16-4-3-14(12-21)11-17(16)27-2/h3-4,7,10-11,15,22H,5-6,8-9H2,1-2H3,(H,23,25). The summed E-state index contributed by atoms with van der Waals surface area (Å²) in [4.78, 5) is 25.8. The Morgan fingerprint density at radius 1 is 1.33 bits per heavy atom. The molecule has 1 saturated heterocycles. The van der Waals surface area contributed by atoms with E-state index in [1.165, 1.54) is 7.11 Å². The van der Waals surface area contributed by atoms with E-state index in [1.807, 2.05) is 6.07 Å². The summed E-state index contributed by atoms with van der Waals surface area (Å²) < 4.78 is 6.91. The molecule has 2 aromatic rings. The van der Waals surface area contributed by atoms with Crippen molar-refractivity contribution in [2.75, 3.05) is 25.5 Å². The molecule has 0 radical (unpaired) electrons. The molecule has 2 heterocycles. The maximum Gasteiger partial charge on any atom is 0.263 e. The number of ether oxygens (including phenoxy) is 1. The minimum atomic E-state index is -0.483. The monoisotopic (exact) mass is 366 g/mol. The van der Waals surface area contributed by atoms with Gasteiger partial charge < -0.3 is 19.9 Å². The first-order valence-electron chi connectivity index (χ1n) is 8.87. The molecule has 0 aliphatic carbocycles. The molecule has 7 nitrogen and oxygen atoms in total. The number of aromatic nitrogens is 1. The molecule has 0 bridgehead atoms. The summed E-state index contributed by atoms with van der Waals surface area (Å²) in [6.07, 6.45) is 3.48. The van der Waals surface area contributed by atoms with E-state index in [4.69, 9.17) is 10.00 Å². The smallest absolute Gasteiger partial charge is 0.263 e. The van der Waals surface area contributed by atoms with Crippen LogP contribution in [0.2, 0.25) is 0 Å². The normalized spacial score (nSPS) is 14.4. The molecule has 1 amide bonds. The highest BCUT2D eigenvalue weighted by atomic mass is 16.5. The third-order valence-corrected chi connectivity index (χ3v) is 4.84. The number of aryl methyl sites for hydroxylation is 1. The van der Waals surface area contributed by atoms with E-state index >= 15 is 0 Å². The lowest BCUT2D eigenvalue weighted by atomic mass is 10.0. The topological polar surface area (TPSA) is 96.2 Å². The number of nitrogens with zero attached hydrogens (tertiary/aromatic N) is 2. The molecule has 2 N–H and O–H groups in total. The Morgan fingerprint density at radius 2 is 2.07 bits per heavy atom. The number of amides is 1. The summed E-state index contributed by atoms with van der Waals surface area (Å²) in [6.45, 7) is 3.46. The van der Waals surface area contributed by atoms with E-state index in [9.17, 15) is 9.59 Å². The van der Waals surface area contributed by atoms with Crippen LogP contribution in [0.25, 0.3) is 0 Å². The SMILES string of the molecule is COc1cc(C#N)ccc1NC(=O)c1c(C)ccn(C2CCNCC2)c1=O. The summed E-state index contributed by atoms with van der Waals surface area (Å²) in [6, 6.07) is 8.64. The van der Waals surface area contributed by atoms with Crippen LogP contribution in [0.1, 0.15) is 40.4 Å². The molecule has 7 heteroatoms. The number of piperidine rings is 1. The fourth-order valence-electron chi connectivity index (χ4n) is 3.34. The van der Waals surface area contributed by atoms with Crippen LogP contribution in [-0.4, -0.2) is 30.7 Å². The molecule has 0 atom stereocenters. The summed E-state index contributed by atoms with van der Waals surface area (Å²) in [5.74, 6) is -0.113. The largest absolute Gasteiger partial charge is 0.495 e. The number of pyridine rings is 1. The zero-order chi connectivity index (χ0) is 19.4. The number of benzene rings is 1. The van der Waals surface area contributed by atoms with Gasteiger partial charge in [0.25, 0.3) is 11.5 Å². The quantitative estimate of drug-likeness (QED) is 0.865. The second-order valence-electron chi connectivity index (χ2n) is 6.55. The molecule has 3 rings (SSSR count). The molecular formula is C20H22N4O3. The molecule has 0 spiro atoms. The van der Waals surface area contributed by atoms with Crippen LogP contribution in [0.3, 0.4) is 0 Å². The van der Waals surface area contributed by atoms with Crippen LogP contribution >= 0.6 is 0 Å². The molecule has 1 aromatic heterocycles. The number of carbonyl (C=O) groups excluding carboxylic acids is 1. The Bertz CT molecular complexity index is 953. The zero-order valence-electron chi connectivity index (χ0n) is 15.4. The number of nitriles is 1. The van der Waals surface area contributed by atoms with Crippen molar-refractivity contribution in [1.29, 1.82) is 5.26 Å². The van der Waals surface area contributed by atoms with Gasteiger partial charge in [-0.1, -0.05) is 0 Å². The fraction of sp³-hybridized carbons (Fsp3) is 0.350. The van der Waals surface area contributed by atoms with Gasteiger partial charge in [0.15, 0.2) is 0 Å². The van der Waals surface area contributed by atoms with Gasteiger partial charge in [-0.15, -0.1) is 0 Å². The maximum absolute atomic E-state index is 13.0. The minimum Gasteiger partial charge on any atom is -0.495 e. The Morgan fingerprint density at radius 3 is 2.74 bits per heavy atom. The first kappa shape index (κ1) is 18.7. The molecule has 1 aliphatic rings. The molecule has 0 saturated carbocycles. The lowest BCUT2D eigenvalue weighted by molar-refractivity contribution is 0.102. The lowest BCUT2D eigenvalue weighted by Crippen LogP contribution is -2.37. The van der Waals surface area contributed by atoms with Crippen LogP contribution in [0.15, 0.2) is 35.3 Å². The van der Waals surface area contributed by atoms with Crippen molar-refractivity contribution in [3.05, 3.63) is 57.5 Å². The van der Waals surface area contributed by atoms with Gasteiger partial charge in [0.1, 0.15) is 11.3 Å². The van der Waals surface area contributed by atoms with Crippen LogP contribution in [0, 0.1) is 18.3 Å². The average Bonchev–Trinajstić information content (AvgIpc) is 2.69. The number of hydrogen-bond acceptors (Lipinski definition) is 5. The first-order chi connectivity index (χ1) is 13.0. The third-order valence-electron chi connectivity index (χ3n) is 4.84. The van der Waals surface area contributed by atoms with Gasteiger partial charge >= 0.3 is 0 Å². The van der Waals surface area contributed by atoms with E-state index in [0.717, 1.165) is 25.9 Å². The number of hydrogen-bond donors (Lipinski definition) is 2. The Hall–Kier alpha value is -3.11. The predicted octanol–water partition coefficient (Wildman–Crippen LogP) is 2.21. The Labute approximate surface area is 157 Å². The first-order valence-corrected chi connectivity index (χ1v) is 8.87. The second-order valence-corrected chi connectivity index (χ2v) is 6.55. The highest BCUT2D eigenvalue weighted by Crippen LogP contribution is 2.26. The van der Waals surface area contributed by atoms with Gasteiger partial charge in [0.05, 0.1) is 24.4 Å². The van der Waals surface area contributed by atoms with Crippen LogP contribution < -0.4 is 20.9 Å². The van der Waals surface area contributed by atoms with Crippen molar-refractivity contribution < 1.29 is 9.53 Å². The van der Waals surface area contributed by atoms with E-state index in [-0.39, 0.29) is 17.2 Å². The summed E-state index contributed by atoms with van der Waals surface area (Å²) in [5.41, 5.74) is 1.30. The van der Waals surface area contributed by atoms with Crippen LogP contribution in [0.5, 0.6) is 5.75 Å². The maximum atomic E-state index is 13.0. The number of rotatable bonds is 4. The lowest BCUT2D eigenvalue weighted by Gasteiger charge is -2.25. The highest BCUT2D eigenvalue weighted by Gasteiger charge is 2.22. The van der Waals surface area contributed by atoms with Gasteiger partial charge in [-0.25, -0.2) is 0 Å². The van der Waals surface area contributed by atoms with E-state index < -0.39 is 5.91 Å². The molecule has 1 fully saturated rings. The van der Waals surface area contributed by atoms with Crippen molar-refractivity contribution in [2.24, 2.45) is 0 Å². The molecular weight excluding hydrogens is 344 g/mol. The summed E-state index contributed by atoms with van der Waals surface area (Å²) in [7, 11) is 1.46. The Balaban J connectivity index is 1.93. The number of methoxy groups -OCH3 is 1. The minimum absolute atomic E-state index is 0.0929. The molecule has 1 aromatic carbocycles. The predicted molar refractivity (Wildman–Crippen MR) is 102 cm³/mol. The van der Waals surface area contributed by atoms with Gasteiger partial charge in [0, 0.05) is 18.3 Å². The average molecular weight is 366 g/mol. The van der Waals surface area contributed by atoms with Gasteiger partial charge in [-0.2, -0.15) is 5.26 Å². The van der Waals surface area contributed by atoms with Gasteiger partial charge in [-0.3, -0.25) is 9.59 Å². The number of carbonyl (C=O) groups is 1.